The summed E-state index contributed by atoms with van der Waals surface area (Å²) in [6.45, 7) is 0.373. The first-order valence-electron chi connectivity index (χ1n) is 7.10. The van der Waals surface area contributed by atoms with Crippen LogP contribution in [0.3, 0.4) is 0 Å². The molecule has 7 nitrogen and oxygen atoms in total. The molecule has 1 aliphatic rings. The number of allylic oxidation sites excluding steroid dienone is 1. The largest absolute Gasteiger partial charge is 0.480 e. The van der Waals surface area contributed by atoms with Crippen LogP contribution in [0.4, 0.5) is 10.5 Å². The lowest BCUT2D eigenvalue weighted by atomic mass is 9.97. The van der Waals surface area contributed by atoms with E-state index in [0.29, 0.717) is 12.2 Å². The van der Waals surface area contributed by atoms with Gasteiger partial charge in [0.25, 0.3) is 0 Å². The second-order valence-corrected chi connectivity index (χ2v) is 5.06. The number of rotatable bonds is 6. The van der Waals surface area contributed by atoms with Crippen LogP contribution < -0.4 is 10.6 Å². The molecule has 1 aromatic rings. The van der Waals surface area contributed by atoms with Gasteiger partial charge in [0.05, 0.1) is 11.9 Å². The summed E-state index contributed by atoms with van der Waals surface area (Å²) in [6.07, 6.45) is 10.8. The van der Waals surface area contributed by atoms with Crippen molar-refractivity contribution in [1.82, 2.24) is 15.1 Å². The van der Waals surface area contributed by atoms with E-state index in [1.54, 1.807) is 0 Å². The summed E-state index contributed by atoms with van der Waals surface area (Å²) in [5, 5.41) is 17.9. The molecule has 0 aromatic carbocycles. The van der Waals surface area contributed by atoms with Crippen molar-refractivity contribution in [1.29, 1.82) is 0 Å². The molecule has 0 bridgehead atoms. The number of aliphatic carboxylic acids is 1. The number of aromatic nitrogens is 2. The number of urea groups is 1. The maximum atomic E-state index is 11.7. The molecular formula is C14H20N4O3. The predicted molar refractivity (Wildman–Crippen MR) is 78.1 cm³/mol. The fraction of sp³-hybridized carbons (Fsp3) is 0.500. The molecule has 0 unspecified atom stereocenters. The number of hydrogen-bond donors (Lipinski definition) is 3. The molecule has 2 amide bonds. The molecule has 1 aromatic heterocycles. The lowest BCUT2D eigenvalue weighted by molar-refractivity contribution is -0.137. The molecule has 0 saturated heterocycles. The molecule has 0 saturated carbocycles. The van der Waals surface area contributed by atoms with Crippen molar-refractivity contribution in [3.8, 4) is 0 Å². The van der Waals surface area contributed by atoms with Crippen LogP contribution in [0.25, 0.3) is 0 Å². The smallest absolute Gasteiger partial charge is 0.325 e. The number of nitrogens with one attached hydrogen (secondary N) is 2. The van der Waals surface area contributed by atoms with Gasteiger partial charge in [-0.3, -0.25) is 9.48 Å². The molecule has 0 spiro atoms. The summed E-state index contributed by atoms with van der Waals surface area (Å²) in [5.74, 6) is -0.977. The fourth-order valence-electron chi connectivity index (χ4n) is 2.30. The van der Waals surface area contributed by atoms with Crippen LogP contribution >= 0.6 is 0 Å². The Morgan fingerprint density at radius 2 is 2.24 bits per heavy atom. The standard InChI is InChI=1S/C14H20N4O3/c19-13(20)10-18-9-12(8-16-18)17-14(21)15-7-6-11-4-2-1-3-5-11/h4,8-9H,1-3,5-7,10H2,(H,19,20)(H2,15,17,21). The summed E-state index contributed by atoms with van der Waals surface area (Å²) in [7, 11) is 0. The van der Waals surface area contributed by atoms with E-state index in [9.17, 15) is 9.59 Å². The minimum Gasteiger partial charge on any atom is -0.480 e. The predicted octanol–water partition coefficient (Wildman–Crippen LogP) is 1.98. The van der Waals surface area contributed by atoms with Crippen molar-refractivity contribution >= 4 is 17.7 Å². The maximum Gasteiger partial charge on any atom is 0.325 e. The second-order valence-electron chi connectivity index (χ2n) is 5.06. The van der Waals surface area contributed by atoms with Gasteiger partial charge in [-0.05, 0) is 32.1 Å². The first-order valence-corrected chi connectivity index (χ1v) is 7.10. The molecule has 3 N–H and O–H groups in total. The minimum atomic E-state index is -0.977. The van der Waals surface area contributed by atoms with E-state index < -0.39 is 5.97 Å². The van der Waals surface area contributed by atoms with Gasteiger partial charge < -0.3 is 15.7 Å². The Morgan fingerprint density at radius 3 is 2.95 bits per heavy atom. The molecule has 0 fully saturated rings. The summed E-state index contributed by atoms with van der Waals surface area (Å²) in [6, 6.07) is -0.304. The van der Waals surface area contributed by atoms with Gasteiger partial charge in [0.1, 0.15) is 6.54 Å². The Hall–Kier alpha value is -2.31. The number of carboxylic acids is 1. The van der Waals surface area contributed by atoms with Gasteiger partial charge in [-0.1, -0.05) is 11.6 Å². The Labute approximate surface area is 123 Å². The quantitative estimate of drug-likeness (QED) is 0.698. The van der Waals surface area contributed by atoms with E-state index in [1.165, 1.54) is 35.5 Å². The minimum absolute atomic E-state index is 0.225. The first-order chi connectivity index (χ1) is 10.1. The van der Waals surface area contributed by atoms with E-state index in [-0.39, 0.29) is 12.6 Å². The Kier molecular flexibility index (Phi) is 5.36. The second kappa shape index (κ2) is 7.47. The van der Waals surface area contributed by atoms with Crippen LogP contribution in [0.5, 0.6) is 0 Å². The number of carboxylic acid groups (broad SMARTS) is 1. The molecule has 114 valence electrons. The van der Waals surface area contributed by atoms with Crippen molar-refractivity contribution in [2.24, 2.45) is 0 Å². The van der Waals surface area contributed by atoms with Crippen LogP contribution in [0.15, 0.2) is 24.0 Å². The first kappa shape index (κ1) is 15.1. The zero-order valence-electron chi connectivity index (χ0n) is 11.8. The van der Waals surface area contributed by atoms with Crippen LogP contribution in [-0.4, -0.2) is 33.4 Å². The summed E-state index contributed by atoms with van der Waals surface area (Å²) < 4.78 is 1.25. The highest BCUT2D eigenvalue weighted by molar-refractivity contribution is 5.88. The Balaban J connectivity index is 1.70. The third kappa shape index (κ3) is 5.29. The third-order valence-electron chi connectivity index (χ3n) is 3.31. The van der Waals surface area contributed by atoms with E-state index in [4.69, 9.17) is 5.11 Å². The Morgan fingerprint density at radius 1 is 1.38 bits per heavy atom. The molecule has 0 radical (unpaired) electrons. The normalized spacial score (nSPS) is 14.4. The van der Waals surface area contributed by atoms with Crippen LogP contribution in [0.2, 0.25) is 0 Å². The van der Waals surface area contributed by atoms with E-state index >= 15 is 0 Å². The van der Waals surface area contributed by atoms with Crippen LogP contribution in [0.1, 0.15) is 32.1 Å². The number of anilines is 1. The lowest BCUT2D eigenvalue weighted by Gasteiger charge is -2.13. The van der Waals surface area contributed by atoms with Gasteiger partial charge in [0.15, 0.2) is 0 Å². The number of hydrogen-bond acceptors (Lipinski definition) is 3. The summed E-state index contributed by atoms with van der Waals surface area (Å²) >= 11 is 0. The van der Waals surface area contributed by atoms with Crippen molar-refractivity contribution < 1.29 is 14.7 Å². The molecule has 7 heteroatoms. The fourth-order valence-corrected chi connectivity index (χ4v) is 2.30. The molecule has 2 rings (SSSR count). The number of nitrogens with zero attached hydrogens (tertiary/aromatic N) is 2. The van der Waals surface area contributed by atoms with Crippen molar-refractivity contribution in [2.75, 3.05) is 11.9 Å². The van der Waals surface area contributed by atoms with E-state index in [1.807, 2.05) is 0 Å². The molecule has 1 aliphatic carbocycles. The average Bonchev–Trinajstić information content (AvgIpc) is 2.86. The van der Waals surface area contributed by atoms with E-state index in [0.717, 1.165) is 19.3 Å². The average molecular weight is 292 g/mol. The SMILES string of the molecule is O=C(O)Cn1cc(NC(=O)NCCC2=CCCCC2)cn1. The van der Waals surface area contributed by atoms with Gasteiger partial charge in [-0.25, -0.2) is 4.79 Å². The zero-order valence-corrected chi connectivity index (χ0v) is 11.8. The van der Waals surface area contributed by atoms with Gasteiger partial charge in [-0.2, -0.15) is 5.10 Å². The van der Waals surface area contributed by atoms with Gasteiger partial charge in [0.2, 0.25) is 0 Å². The van der Waals surface area contributed by atoms with Gasteiger partial charge >= 0.3 is 12.0 Å². The zero-order chi connectivity index (χ0) is 15.1. The molecule has 21 heavy (non-hydrogen) atoms. The van der Waals surface area contributed by atoms with Crippen LogP contribution in [0, 0.1) is 0 Å². The van der Waals surface area contributed by atoms with Gasteiger partial charge in [-0.15, -0.1) is 0 Å². The summed E-state index contributed by atoms with van der Waals surface area (Å²) in [4.78, 5) is 22.2. The highest BCUT2D eigenvalue weighted by Gasteiger charge is 2.07. The molecule has 1 heterocycles. The molecular weight excluding hydrogens is 272 g/mol. The van der Waals surface area contributed by atoms with Crippen LogP contribution in [-0.2, 0) is 11.3 Å². The highest BCUT2D eigenvalue weighted by Crippen LogP contribution is 2.19. The lowest BCUT2D eigenvalue weighted by Crippen LogP contribution is -2.29. The number of carbonyl (C=O) groups is 2. The summed E-state index contributed by atoms with van der Waals surface area (Å²) in [5.41, 5.74) is 1.89. The van der Waals surface area contributed by atoms with E-state index in [2.05, 4.69) is 21.8 Å². The topological polar surface area (TPSA) is 96.2 Å². The van der Waals surface area contributed by atoms with Crippen molar-refractivity contribution in [2.45, 2.75) is 38.6 Å². The monoisotopic (exact) mass is 292 g/mol. The van der Waals surface area contributed by atoms with Crippen molar-refractivity contribution in [3.05, 3.63) is 24.0 Å². The molecule has 0 atom stereocenters. The van der Waals surface area contributed by atoms with Crippen molar-refractivity contribution in [3.63, 3.8) is 0 Å². The number of carbonyl (C=O) groups excluding carboxylic acids is 1. The number of amides is 2. The third-order valence-corrected chi connectivity index (χ3v) is 3.31. The maximum absolute atomic E-state index is 11.7. The molecule has 0 aliphatic heterocycles. The highest BCUT2D eigenvalue weighted by atomic mass is 16.4. The van der Waals surface area contributed by atoms with Gasteiger partial charge in [0, 0.05) is 12.7 Å². The Bertz CT molecular complexity index is 536.